The summed E-state index contributed by atoms with van der Waals surface area (Å²) in [6.07, 6.45) is 5.03. The standard InChI is InChI=1S/C19H23Cl2N5O2S/c1-26-16(8-9-22-18(28)12-6-7-14(20)15(21)10-12)24-25-19(26)29-11-17(27)23-13-4-2-3-5-13/h6-7,10,13H,2-5,8-9,11H2,1H3,(H,22,28)(H,23,27). The van der Waals surface area contributed by atoms with Gasteiger partial charge in [-0.05, 0) is 31.0 Å². The molecule has 1 aliphatic carbocycles. The highest BCUT2D eigenvalue weighted by molar-refractivity contribution is 7.99. The predicted octanol–water partition coefficient (Wildman–Crippen LogP) is 3.25. The molecule has 0 aliphatic heterocycles. The van der Waals surface area contributed by atoms with Crippen LogP contribution in [0.25, 0.3) is 0 Å². The number of aromatic nitrogens is 3. The van der Waals surface area contributed by atoms with Gasteiger partial charge in [0.1, 0.15) is 5.82 Å². The van der Waals surface area contributed by atoms with Crippen molar-refractivity contribution in [2.24, 2.45) is 7.05 Å². The van der Waals surface area contributed by atoms with Gasteiger partial charge in [-0.1, -0.05) is 47.8 Å². The average molecular weight is 456 g/mol. The van der Waals surface area contributed by atoms with E-state index in [1.54, 1.807) is 12.1 Å². The number of amides is 2. The Balaban J connectivity index is 1.44. The Bertz CT molecular complexity index is 883. The number of nitrogens with zero attached hydrogens (tertiary/aromatic N) is 3. The molecule has 10 heteroatoms. The van der Waals surface area contributed by atoms with Gasteiger partial charge >= 0.3 is 0 Å². The highest BCUT2D eigenvalue weighted by Gasteiger charge is 2.18. The Labute approximate surface area is 183 Å². The Morgan fingerprint density at radius 1 is 1.21 bits per heavy atom. The topological polar surface area (TPSA) is 88.9 Å². The van der Waals surface area contributed by atoms with Crippen LogP contribution in [0.1, 0.15) is 41.9 Å². The minimum Gasteiger partial charge on any atom is -0.353 e. The van der Waals surface area contributed by atoms with Crippen LogP contribution in [0.5, 0.6) is 0 Å². The van der Waals surface area contributed by atoms with Gasteiger partial charge in [0.05, 0.1) is 15.8 Å². The number of rotatable bonds is 8. The molecule has 1 heterocycles. The zero-order valence-electron chi connectivity index (χ0n) is 16.1. The first kappa shape index (κ1) is 21.9. The summed E-state index contributed by atoms with van der Waals surface area (Å²) in [5.41, 5.74) is 0.446. The highest BCUT2D eigenvalue weighted by Crippen LogP contribution is 2.22. The molecule has 1 aromatic carbocycles. The first-order valence-corrected chi connectivity index (χ1v) is 11.2. The number of thioether (sulfide) groups is 1. The average Bonchev–Trinajstić information content (AvgIpc) is 3.32. The van der Waals surface area contributed by atoms with Crippen molar-refractivity contribution in [3.63, 3.8) is 0 Å². The lowest BCUT2D eigenvalue weighted by molar-refractivity contribution is -0.119. The van der Waals surface area contributed by atoms with Gasteiger partial charge in [-0.2, -0.15) is 0 Å². The number of hydrogen-bond acceptors (Lipinski definition) is 5. The molecule has 2 aromatic rings. The molecule has 1 fully saturated rings. The lowest BCUT2D eigenvalue weighted by Gasteiger charge is -2.11. The number of carbonyl (C=O) groups excluding carboxylic acids is 2. The largest absolute Gasteiger partial charge is 0.353 e. The number of carbonyl (C=O) groups is 2. The van der Waals surface area contributed by atoms with Gasteiger partial charge in [0.15, 0.2) is 5.16 Å². The zero-order chi connectivity index (χ0) is 20.8. The van der Waals surface area contributed by atoms with E-state index in [4.69, 9.17) is 23.2 Å². The van der Waals surface area contributed by atoms with Crippen LogP contribution >= 0.6 is 35.0 Å². The molecular weight excluding hydrogens is 433 g/mol. The van der Waals surface area contributed by atoms with Crippen LogP contribution in [0.4, 0.5) is 0 Å². The quantitative estimate of drug-likeness (QED) is 0.596. The summed E-state index contributed by atoms with van der Waals surface area (Å²) in [4.78, 5) is 24.3. The van der Waals surface area contributed by atoms with E-state index in [2.05, 4.69) is 20.8 Å². The highest BCUT2D eigenvalue weighted by atomic mass is 35.5. The molecule has 156 valence electrons. The maximum Gasteiger partial charge on any atom is 0.251 e. The van der Waals surface area contributed by atoms with Gasteiger partial charge in [0.2, 0.25) is 5.91 Å². The minimum absolute atomic E-state index is 0.0281. The smallest absolute Gasteiger partial charge is 0.251 e. The lowest BCUT2D eigenvalue weighted by atomic mass is 10.2. The van der Waals surface area contributed by atoms with E-state index in [0.717, 1.165) is 18.7 Å². The fourth-order valence-corrected chi connectivity index (χ4v) is 4.22. The third-order valence-electron chi connectivity index (χ3n) is 4.79. The minimum atomic E-state index is -0.232. The fourth-order valence-electron chi connectivity index (χ4n) is 3.19. The third-order valence-corrected chi connectivity index (χ3v) is 6.55. The summed E-state index contributed by atoms with van der Waals surface area (Å²) in [6, 6.07) is 5.06. The van der Waals surface area contributed by atoms with Crippen LogP contribution in [0, 0.1) is 0 Å². The third kappa shape index (κ3) is 6.10. The van der Waals surface area contributed by atoms with E-state index < -0.39 is 0 Å². The summed E-state index contributed by atoms with van der Waals surface area (Å²) in [5, 5.41) is 15.6. The predicted molar refractivity (Wildman–Crippen MR) is 115 cm³/mol. The van der Waals surface area contributed by atoms with Gasteiger partial charge in [0, 0.05) is 31.6 Å². The Morgan fingerprint density at radius 2 is 1.97 bits per heavy atom. The maximum atomic E-state index is 12.2. The molecule has 0 saturated heterocycles. The number of nitrogens with one attached hydrogen (secondary N) is 2. The Hall–Kier alpha value is -1.77. The molecule has 7 nitrogen and oxygen atoms in total. The number of benzene rings is 1. The summed E-state index contributed by atoms with van der Waals surface area (Å²) >= 11 is 13.2. The summed E-state index contributed by atoms with van der Waals surface area (Å²) < 4.78 is 1.85. The molecule has 29 heavy (non-hydrogen) atoms. The first-order valence-electron chi connectivity index (χ1n) is 9.47. The van der Waals surface area contributed by atoms with E-state index in [0.29, 0.717) is 45.5 Å². The van der Waals surface area contributed by atoms with Crippen LogP contribution in [-0.4, -0.2) is 44.9 Å². The second kappa shape index (κ2) is 10.3. The van der Waals surface area contributed by atoms with E-state index in [1.807, 2.05) is 11.6 Å². The van der Waals surface area contributed by atoms with Crippen molar-refractivity contribution < 1.29 is 9.59 Å². The van der Waals surface area contributed by atoms with Gasteiger partial charge in [-0.15, -0.1) is 10.2 Å². The number of hydrogen-bond donors (Lipinski definition) is 2. The van der Waals surface area contributed by atoms with Crippen molar-refractivity contribution in [3.05, 3.63) is 39.6 Å². The zero-order valence-corrected chi connectivity index (χ0v) is 18.4. The van der Waals surface area contributed by atoms with Crippen molar-refractivity contribution in [3.8, 4) is 0 Å². The van der Waals surface area contributed by atoms with Crippen LogP contribution in [0.15, 0.2) is 23.4 Å². The van der Waals surface area contributed by atoms with E-state index in [-0.39, 0.29) is 11.8 Å². The molecule has 1 saturated carbocycles. The normalized spacial score (nSPS) is 14.2. The SMILES string of the molecule is Cn1c(CCNC(=O)c2ccc(Cl)c(Cl)c2)nnc1SCC(=O)NC1CCCC1. The molecule has 1 aliphatic rings. The van der Waals surface area contributed by atoms with Gasteiger partial charge in [-0.25, -0.2) is 0 Å². The summed E-state index contributed by atoms with van der Waals surface area (Å²) in [6.45, 7) is 0.401. The molecule has 3 rings (SSSR count). The van der Waals surface area contributed by atoms with E-state index in [9.17, 15) is 9.59 Å². The summed E-state index contributed by atoms with van der Waals surface area (Å²) in [5.74, 6) is 0.846. The molecule has 0 atom stereocenters. The van der Waals surface area contributed by atoms with Crippen LogP contribution in [0.2, 0.25) is 10.0 Å². The van der Waals surface area contributed by atoms with Gasteiger partial charge in [0.25, 0.3) is 5.91 Å². The fraction of sp³-hybridized carbons (Fsp3) is 0.474. The molecule has 2 N–H and O–H groups in total. The van der Waals surface area contributed by atoms with E-state index >= 15 is 0 Å². The van der Waals surface area contributed by atoms with Crippen molar-refractivity contribution >= 4 is 46.8 Å². The van der Waals surface area contributed by atoms with Crippen molar-refractivity contribution in [2.45, 2.75) is 43.3 Å². The molecule has 1 aromatic heterocycles. The Kier molecular flexibility index (Phi) is 7.80. The second-order valence-corrected chi connectivity index (χ2v) is 8.69. The molecule has 2 amide bonds. The molecule has 0 unspecified atom stereocenters. The van der Waals surface area contributed by atoms with Gasteiger partial charge < -0.3 is 15.2 Å². The lowest BCUT2D eigenvalue weighted by Crippen LogP contribution is -2.33. The molecular formula is C19H23Cl2N5O2S. The summed E-state index contributed by atoms with van der Waals surface area (Å²) in [7, 11) is 1.85. The maximum absolute atomic E-state index is 12.2. The van der Waals surface area contributed by atoms with Gasteiger partial charge in [-0.3, -0.25) is 9.59 Å². The first-order chi connectivity index (χ1) is 13.9. The number of halogens is 2. The monoisotopic (exact) mass is 455 g/mol. The molecule has 0 radical (unpaired) electrons. The molecule has 0 bridgehead atoms. The van der Waals surface area contributed by atoms with Crippen molar-refractivity contribution in [1.29, 1.82) is 0 Å². The van der Waals surface area contributed by atoms with Crippen molar-refractivity contribution in [1.82, 2.24) is 25.4 Å². The van der Waals surface area contributed by atoms with E-state index in [1.165, 1.54) is 30.7 Å². The van der Waals surface area contributed by atoms with Crippen molar-refractivity contribution in [2.75, 3.05) is 12.3 Å². The van der Waals surface area contributed by atoms with Crippen LogP contribution < -0.4 is 10.6 Å². The Morgan fingerprint density at radius 3 is 2.69 bits per heavy atom. The van der Waals surface area contributed by atoms with Crippen LogP contribution in [0.3, 0.4) is 0 Å². The molecule has 0 spiro atoms. The second-order valence-electron chi connectivity index (χ2n) is 6.93. The van der Waals surface area contributed by atoms with Crippen LogP contribution in [-0.2, 0) is 18.3 Å².